The summed E-state index contributed by atoms with van der Waals surface area (Å²) in [6.07, 6.45) is 1.43. The molecule has 0 saturated heterocycles. The van der Waals surface area contributed by atoms with Gasteiger partial charge in [-0.1, -0.05) is 23.2 Å². The Balaban J connectivity index is 2.22. The van der Waals surface area contributed by atoms with Crippen molar-refractivity contribution in [2.24, 2.45) is 5.73 Å². The van der Waals surface area contributed by atoms with Gasteiger partial charge in [0.25, 0.3) is 5.91 Å². The van der Waals surface area contributed by atoms with Gasteiger partial charge in [-0.3, -0.25) is 9.78 Å². The number of ether oxygens (including phenoxy) is 1. The van der Waals surface area contributed by atoms with Crippen molar-refractivity contribution in [1.82, 2.24) is 4.98 Å². The zero-order valence-corrected chi connectivity index (χ0v) is 16.0. The molecule has 0 bridgehead atoms. The van der Waals surface area contributed by atoms with Gasteiger partial charge in [-0.25, -0.2) is 0 Å². The average molecular weight is 441 g/mol. The molecule has 2 aromatic carbocycles. The van der Waals surface area contributed by atoms with Gasteiger partial charge in [0.15, 0.2) is 0 Å². The predicted octanol–water partition coefficient (Wildman–Crippen LogP) is 5.16. The molecular formula is C17H12BrCl2N3O2. The highest BCUT2D eigenvalue weighted by atomic mass is 79.9. The summed E-state index contributed by atoms with van der Waals surface area (Å²) in [5, 5.41) is 4.72. The Kier molecular flexibility index (Phi) is 5.03. The highest BCUT2D eigenvalue weighted by molar-refractivity contribution is 9.10. The smallest absolute Gasteiger partial charge is 0.252 e. The van der Waals surface area contributed by atoms with Crippen molar-refractivity contribution in [3.8, 4) is 5.75 Å². The normalized spacial score (nSPS) is 10.7. The Hall–Kier alpha value is -2.02. The van der Waals surface area contributed by atoms with Gasteiger partial charge in [-0.2, -0.15) is 0 Å². The number of carbonyl (C=O) groups excluding carboxylic acids is 1. The Morgan fingerprint density at radius 1 is 1.24 bits per heavy atom. The summed E-state index contributed by atoms with van der Waals surface area (Å²) in [4.78, 5) is 16.1. The lowest BCUT2D eigenvalue weighted by Gasteiger charge is -2.15. The van der Waals surface area contributed by atoms with Crippen LogP contribution in [0.4, 0.5) is 11.4 Å². The van der Waals surface area contributed by atoms with E-state index in [1.54, 1.807) is 31.4 Å². The van der Waals surface area contributed by atoms with E-state index in [9.17, 15) is 4.79 Å². The van der Waals surface area contributed by atoms with Crippen LogP contribution < -0.4 is 15.8 Å². The van der Waals surface area contributed by atoms with Crippen LogP contribution in [0.3, 0.4) is 0 Å². The Labute approximate surface area is 162 Å². The summed E-state index contributed by atoms with van der Waals surface area (Å²) in [5.41, 5.74) is 7.60. The minimum Gasteiger partial charge on any atom is -0.495 e. The van der Waals surface area contributed by atoms with Gasteiger partial charge in [-0.05, 0) is 40.2 Å². The van der Waals surface area contributed by atoms with Crippen LogP contribution in [0, 0.1) is 0 Å². The topological polar surface area (TPSA) is 77.2 Å². The number of methoxy groups -OCH3 is 1. The number of hydrogen-bond acceptors (Lipinski definition) is 4. The first-order valence-corrected chi connectivity index (χ1v) is 8.63. The Bertz CT molecular complexity index is 995. The molecule has 25 heavy (non-hydrogen) atoms. The van der Waals surface area contributed by atoms with Crippen molar-refractivity contribution in [3.05, 3.63) is 56.6 Å². The van der Waals surface area contributed by atoms with Crippen LogP contribution in [0.25, 0.3) is 10.9 Å². The number of carbonyl (C=O) groups is 1. The average Bonchev–Trinajstić information content (AvgIpc) is 2.57. The van der Waals surface area contributed by atoms with Gasteiger partial charge in [0.2, 0.25) is 0 Å². The Morgan fingerprint density at radius 2 is 2.00 bits per heavy atom. The van der Waals surface area contributed by atoms with Crippen molar-refractivity contribution >= 4 is 67.3 Å². The van der Waals surface area contributed by atoms with Gasteiger partial charge in [0.1, 0.15) is 5.75 Å². The summed E-state index contributed by atoms with van der Waals surface area (Å²) in [6.45, 7) is 0. The largest absolute Gasteiger partial charge is 0.495 e. The SMILES string of the molecule is COc1cc2ncc(C(N)=O)c(Nc3ccc(Cl)c(Cl)c3)c2cc1Br. The molecule has 1 heterocycles. The van der Waals surface area contributed by atoms with Gasteiger partial charge in [0, 0.05) is 23.3 Å². The fraction of sp³-hybridized carbons (Fsp3) is 0.0588. The zero-order chi connectivity index (χ0) is 18.1. The summed E-state index contributed by atoms with van der Waals surface area (Å²) in [7, 11) is 1.57. The molecule has 3 N–H and O–H groups in total. The molecule has 128 valence electrons. The number of nitrogens with two attached hydrogens (primary N) is 1. The fourth-order valence-electron chi connectivity index (χ4n) is 2.39. The van der Waals surface area contributed by atoms with E-state index in [4.69, 9.17) is 33.7 Å². The van der Waals surface area contributed by atoms with E-state index in [1.165, 1.54) is 6.20 Å². The van der Waals surface area contributed by atoms with E-state index >= 15 is 0 Å². The van der Waals surface area contributed by atoms with Gasteiger partial charge < -0.3 is 15.8 Å². The van der Waals surface area contributed by atoms with Crippen LogP contribution >= 0.6 is 39.1 Å². The van der Waals surface area contributed by atoms with Crippen molar-refractivity contribution in [1.29, 1.82) is 0 Å². The second-order valence-electron chi connectivity index (χ2n) is 5.17. The fourth-order valence-corrected chi connectivity index (χ4v) is 3.19. The molecule has 0 aliphatic rings. The number of halogens is 3. The quantitative estimate of drug-likeness (QED) is 0.587. The second-order valence-corrected chi connectivity index (χ2v) is 6.84. The summed E-state index contributed by atoms with van der Waals surface area (Å²) in [6, 6.07) is 8.67. The van der Waals surface area contributed by atoms with Crippen LogP contribution in [0.1, 0.15) is 10.4 Å². The first-order chi connectivity index (χ1) is 11.9. The minimum atomic E-state index is -0.594. The van der Waals surface area contributed by atoms with Crippen molar-refractivity contribution in [2.45, 2.75) is 0 Å². The molecule has 0 aliphatic carbocycles. The molecule has 3 rings (SSSR count). The number of benzene rings is 2. The summed E-state index contributed by atoms with van der Waals surface area (Å²) >= 11 is 15.5. The van der Waals surface area contributed by atoms with Crippen molar-refractivity contribution in [2.75, 3.05) is 12.4 Å². The van der Waals surface area contributed by atoms with Crippen LogP contribution in [-0.4, -0.2) is 18.0 Å². The Morgan fingerprint density at radius 3 is 2.64 bits per heavy atom. The first-order valence-electron chi connectivity index (χ1n) is 7.09. The number of amides is 1. The highest BCUT2D eigenvalue weighted by Crippen LogP contribution is 2.36. The van der Waals surface area contributed by atoms with Crippen molar-refractivity contribution in [3.63, 3.8) is 0 Å². The maximum absolute atomic E-state index is 11.8. The van der Waals surface area contributed by atoms with E-state index in [1.807, 2.05) is 6.07 Å². The zero-order valence-electron chi connectivity index (χ0n) is 12.9. The van der Waals surface area contributed by atoms with Gasteiger partial charge in [0.05, 0.1) is 38.4 Å². The molecule has 0 aliphatic heterocycles. The number of hydrogen-bond donors (Lipinski definition) is 2. The van der Waals surface area contributed by atoms with E-state index in [-0.39, 0.29) is 5.56 Å². The third kappa shape index (κ3) is 3.51. The van der Waals surface area contributed by atoms with Gasteiger partial charge >= 0.3 is 0 Å². The van der Waals surface area contributed by atoms with Crippen molar-refractivity contribution < 1.29 is 9.53 Å². The maximum atomic E-state index is 11.8. The van der Waals surface area contributed by atoms with Crippen LogP contribution in [0.2, 0.25) is 10.0 Å². The van der Waals surface area contributed by atoms with Crippen LogP contribution in [0.15, 0.2) is 41.0 Å². The third-order valence-corrected chi connectivity index (χ3v) is 4.95. The second kappa shape index (κ2) is 7.07. The molecule has 0 spiro atoms. The molecule has 5 nitrogen and oxygen atoms in total. The molecule has 8 heteroatoms. The lowest BCUT2D eigenvalue weighted by Crippen LogP contribution is -2.14. The van der Waals surface area contributed by atoms with Crippen LogP contribution in [-0.2, 0) is 0 Å². The number of pyridine rings is 1. The monoisotopic (exact) mass is 439 g/mol. The maximum Gasteiger partial charge on any atom is 0.252 e. The molecular weight excluding hydrogens is 429 g/mol. The number of nitrogens with one attached hydrogen (secondary N) is 1. The highest BCUT2D eigenvalue weighted by Gasteiger charge is 2.16. The molecule has 0 atom stereocenters. The number of aromatic nitrogens is 1. The number of primary amides is 1. The summed E-state index contributed by atoms with van der Waals surface area (Å²) in [5.74, 6) is 0.0382. The van der Waals surface area contributed by atoms with E-state index < -0.39 is 5.91 Å². The van der Waals surface area contributed by atoms with E-state index in [2.05, 4.69) is 26.2 Å². The predicted molar refractivity (Wildman–Crippen MR) is 104 cm³/mol. The molecule has 3 aromatic rings. The molecule has 1 aromatic heterocycles. The third-order valence-electron chi connectivity index (χ3n) is 3.60. The molecule has 0 unspecified atom stereocenters. The van der Waals surface area contributed by atoms with Gasteiger partial charge in [-0.15, -0.1) is 0 Å². The molecule has 1 amide bonds. The lowest BCUT2D eigenvalue weighted by molar-refractivity contribution is 0.100. The number of nitrogens with zero attached hydrogens (tertiary/aromatic N) is 1. The lowest BCUT2D eigenvalue weighted by atomic mass is 10.1. The molecule has 0 saturated carbocycles. The molecule has 0 fully saturated rings. The molecule has 0 radical (unpaired) electrons. The standard InChI is InChI=1S/C17H12BrCl2N3O2/c1-25-15-6-14-9(5-11(15)18)16(10(7-22-14)17(21)24)23-8-2-3-12(19)13(20)4-8/h2-7H,1H3,(H2,21,24)(H,22,23). The first kappa shape index (κ1) is 17.8. The van der Waals surface area contributed by atoms with E-state index in [0.29, 0.717) is 38.1 Å². The van der Waals surface area contributed by atoms with E-state index in [0.717, 1.165) is 4.47 Å². The number of fused-ring (bicyclic) bond motifs is 1. The minimum absolute atomic E-state index is 0.260. The number of rotatable bonds is 4. The number of anilines is 2. The van der Waals surface area contributed by atoms with Crippen LogP contribution in [0.5, 0.6) is 5.75 Å². The summed E-state index contributed by atoms with van der Waals surface area (Å²) < 4.78 is 6.01.